The van der Waals surface area contributed by atoms with Crippen molar-refractivity contribution in [1.29, 1.82) is 0 Å². The predicted octanol–water partition coefficient (Wildman–Crippen LogP) is 1.83. The van der Waals surface area contributed by atoms with Crippen molar-refractivity contribution in [1.82, 2.24) is 9.80 Å². The standard InChI is InChI=1S/C15H16N2O3S2/c18-13(9-21-8-11-4-2-1-3-5-11)16-6-12(7-16)17-14(19)10-22-15(17)20/h1-5,12H,6-10H2. The van der Waals surface area contributed by atoms with Crippen molar-refractivity contribution in [3.8, 4) is 0 Å². The summed E-state index contributed by atoms with van der Waals surface area (Å²) in [7, 11) is 0. The van der Waals surface area contributed by atoms with E-state index in [9.17, 15) is 14.4 Å². The average molecular weight is 336 g/mol. The second kappa shape index (κ2) is 6.75. The topological polar surface area (TPSA) is 57.7 Å². The Morgan fingerprint density at radius 1 is 1.23 bits per heavy atom. The number of rotatable bonds is 5. The summed E-state index contributed by atoms with van der Waals surface area (Å²) in [5.74, 6) is 1.41. The molecule has 0 aliphatic carbocycles. The molecule has 2 heterocycles. The first-order valence-electron chi connectivity index (χ1n) is 7.03. The van der Waals surface area contributed by atoms with E-state index in [1.807, 2.05) is 30.3 Å². The van der Waals surface area contributed by atoms with E-state index in [0.29, 0.717) is 18.8 Å². The summed E-state index contributed by atoms with van der Waals surface area (Å²) < 4.78 is 0. The second-order valence-electron chi connectivity index (χ2n) is 5.25. The lowest BCUT2D eigenvalue weighted by Crippen LogP contribution is -2.62. The largest absolute Gasteiger partial charge is 0.338 e. The monoisotopic (exact) mass is 336 g/mol. The van der Waals surface area contributed by atoms with Crippen LogP contribution in [0.2, 0.25) is 0 Å². The Bertz CT molecular complexity index is 572. The van der Waals surface area contributed by atoms with E-state index in [-0.39, 0.29) is 28.8 Å². The van der Waals surface area contributed by atoms with Crippen molar-refractivity contribution >= 4 is 40.6 Å². The number of imide groups is 1. The maximum absolute atomic E-state index is 12.1. The molecule has 0 unspecified atom stereocenters. The number of hydrogen-bond donors (Lipinski definition) is 0. The summed E-state index contributed by atoms with van der Waals surface area (Å²) >= 11 is 2.63. The lowest BCUT2D eigenvalue weighted by Gasteiger charge is -2.42. The van der Waals surface area contributed by atoms with Gasteiger partial charge in [0.05, 0.1) is 17.5 Å². The van der Waals surface area contributed by atoms with Crippen LogP contribution in [-0.2, 0) is 15.3 Å². The summed E-state index contributed by atoms with van der Waals surface area (Å²) in [4.78, 5) is 38.3. The number of likely N-dealkylation sites (tertiary alicyclic amines) is 1. The third kappa shape index (κ3) is 3.30. The zero-order valence-corrected chi connectivity index (χ0v) is 13.6. The number of nitrogens with zero attached hydrogens (tertiary/aromatic N) is 2. The Morgan fingerprint density at radius 2 is 1.95 bits per heavy atom. The highest BCUT2D eigenvalue weighted by Crippen LogP contribution is 2.26. The van der Waals surface area contributed by atoms with Crippen molar-refractivity contribution in [3.05, 3.63) is 35.9 Å². The molecule has 0 N–H and O–H groups in total. The highest BCUT2D eigenvalue weighted by molar-refractivity contribution is 8.14. The minimum absolute atomic E-state index is 0.0731. The Kier molecular flexibility index (Phi) is 4.73. The molecule has 3 rings (SSSR count). The molecule has 0 saturated carbocycles. The maximum atomic E-state index is 12.1. The number of carbonyl (C=O) groups excluding carboxylic acids is 3. The SMILES string of the molecule is O=C(CSCc1ccccc1)N1CC(N2C(=O)CSC2=O)C1. The van der Waals surface area contributed by atoms with Crippen molar-refractivity contribution in [2.24, 2.45) is 0 Å². The fourth-order valence-electron chi connectivity index (χ4n) is 2.46. The van der Waals surface area contributed by atoms with Gasteiger partial charge in [-0.05, 0) is 5.56 Å². The third-order valence-electron chi connectivity index (χ3n) is 3.70. The Hall–Kier alpha value is -1.47. The smallest absolute Gasteiger partial charge is 0.289 e. The van der Waals surface area contributed by atoms with Gasteiger partial charge in [-0.3, -0.25) is 19.3 Å². The predicted molar refractivity (Wildman–Crippen MR) is 87.7 cm³/mol. The van der Waals surface area contributed by atoms with Crippen LogP contribution in [0.3, 0.4) is 0 Å². The van der Waals surface area contributed by atoms with E-state index in [1.165, 1.54) is 10.5 Å². The molecule has 116 valence electrons. The fraction of sp³-hybridized carbons (Fsp3) is 0.400. The summed E-state index contributed by atoms with van der Waals surface area (Å²) in [6.45, 7) is 0.950. The van der Waals surface area contributed by atoms with Crippen LogP contribution in [0.1, 0.15) is 5.56 Å². The molecule has 1 aromatic rings. The summed E-state index contributed by atoms with van der Waals surface area (Å²) in [6, 6.07) is 9.90. The molecule has 3 amide bonds. The zero-order chi connectivity index (χ0) is 15.5. The normalized spacial score (nSPS) is 18.7. The Balaban J connectivity index is 1.40. The van der Waals surface area contributed by atoms with Crippen LogP contribution < -0.4 is 0 Å². The number of thioether (sulfide) groups is 2. The van der Waals surface area contributed by atoms with Gasteiger partial charge in [-0.2, -0.15) is 0 Å². The van der Waals surface area contributed by atoms with Crippen LogP contribution in [0.5, 0.6) is 0 Å². The van der Waals surface area contributed by atoms with Gasteiger partial charge in [-0.1, -0.05) is 42.1 Å². The first-order valence-corrected chi connectivity index (χ1v) is 9.17. The number of amides is 3. The number of benzene rings is 1. The molecule has 22 heavy (non-hydrogen) atoms. The van der Waals surface area contributed by atoms with E-state index < -0.39 is 0 Å². The highest BCUT2D eigenvalue weighted by Gasteiger charge is 2.43. The van der Waals surface area contributed by atoms with Gasteiger partial charge in [0.2, 0.25) is 11.8 Å². The van der Waals surface area contributed by atoms with Gasteiger partial charge in [0.25, 0.3) is 5.24 Å². The van der Waals surface area contributed by atoms with Gasteiger partial charge >= 0.3 is 0 Å². The van der Waals surface area contributed by atoms with E-state index in [1.54, 1.807) is 16.7 Å². The number of hydrogen-bond acceptors (Lipinski definition) is 5. The maximum Gasteiger partial charge on any atom is 0.289 e. The molecule has 5 nitrogen and oxygen atoms in total. The van der Waals surface area contributed by atoms with Gasteiger partial charge < -0.3 is 4.90 Å². The Morgan fingerprint density at radius 3 is 2.59 bits per heavy atom. The molecule has 2 aliphatic rings. The fourth-order valence-corrected chi connectivity index (χ4v) is 4.12. The van der Waals surface area contributed by atoms with E-state index in [2.05, 4.69) is 0 Å². The lowest BCUT2D eigenvalue weighted by atomic mass is 10.1. The van der Waals surface area contributed by atoms with Crippen LogP contribution in [-0.4, -0.2) is 57.5 Å². The molecule has 0 atom stereocenters. The van der Waals surface area contributed by atoms with E-state index >= 15 is 0 Å². The van der Waals surface area contributed by atoms with Gasteiger partial charge in [-0.15, -0.1) is 11.8 Å². The third-order valence-corrected chi connectivity index (χ3v) is 5.53. The second-order valence-corrected chi connectivity index (χ2v) is 7.16. The van der Waals surface area contributed by atoms with Crippen LogP contribution in [0.25, 0.3) is 0 Å². The Labute approximate surface area is 137 Å². The molecule has 2 saturated heterocycles. The molecule has 0 bridgehead atoms. The van der Waals surface area contributed by atoms with Crippen LogP contribution in [0.4, 0.5) is 4.79 Å². The van der Waals surface area contributed by atoms with Gasteiger partial charge in [-0.25, -0.2) is 0 Å². The van der Waals surface area contributed by atoms with Gasteiger partial charge in [0.15, 0.2) is 0 Å². The minimum atomic E-state index is -0.180. The van der Waals surface area contributed by atoms with Gasteiger partial charge in [0, 0.05) is 18.8 Å². The van der Waals surface area contributed by atoms with Crippen LogP contribution in [0, 0.1) is 0 Å². The molecular weight excluding hydrogens is 320 g/mol. The van der Waals surface area contributed by atoms with Crippen LogP contribution in [0.15, 0.2) is 30.3 Å². The quantitative estimate of drug-likeness (QED) is 0.821. The summed E-state index contributed by atoms with van der Waals surface area (Å²) in [5.41, 5.74) is 1.20. The minimum Gasteiger partial charge on any atom is -0.338 e. The van der Waals surface area contributed by atoms with Crippen LogP contribution >= 0.6 is 23.5 Å². The lowest BCUT2D eigenvalue weighted by molar-refractivity contribution is -0.139. The number of carbonyl (C=O) groups is 3. The average Bonchev–Trinajstić information content (AvgIpc) is 2.79. The molecule has 7 heteroatoms. The zero-order valence-electron chi connectivity index (χ0n) is 11.9. The van der Waals surface area contributed by atoms with E-state index in [0.717, 1.165) is 17.5 Å². The first-order chi connectivity index (χ1) is 10.6. The highest BCUT2D eigenvalue weighted by atomic mass is 32.2. The molecule has 0 aromatic heterocycles. The van der Waals surface area contributed by atoms with E-state index in [4.69, 9.17) is 0 Å². The summed E-state index contributed by atoms with van der Waals surface area (Å²) in [6.07, 6.45) is 0. The molecule has 0 spiro atoms. The van der Waals surface area contributed by atoms with Crippen molar-refractivity contribution in [2.45, 2.75) is 11.8 Å². The van der Waals surface area contributed by atoms with Crippen molar-refractivity contribution in [3.63, 3.8) is 0 Å². The molecular formula is C15H16N2O3S2. The van der Waals surface area contributed by atoms with Gasteiger partial charge in [0.1, 0.15) is 0 Å². The molecule has 2 aliphatic heterocycles. The summed E-state index contributed by atoms with van der Waals surface area (Å²) in [5, 5.41) is -0.180. The van der Waals surface area contributed by atoms with Crippen molar-refractivity contribution < 1.29 is 14.4 Å². The van der Waals surface area contributed by atoms with Crippen molar-refractivity contribution in [2.75, 3.05) is 24.6 Å². The molecule has 2 fully saturated rings. The molecule has 1 aromatic carbocycles. The first kappa shape index (κ1) is 15.4. The molecule has 0 radical (unpaired) electrons.